The Labute approximate surface area is 132 Å². The third-order valence-electron chi connectivity index (χ3n) is 3.34. The second-order valence-corrected chi connectivity index (χ2v) is 5.88. The highest BCUT2D eigenvalue weighted by Crippen LogP contribution is 2.27. The van der Waals surface area contributed by atoms with Crippen molar-refractivity contribution in [2.75, 3.05) is 0 Å². The molecule has 0 fully saturated rings. The number of rotatable bonds is 5. The quantitative estimate of drug-likeness (QED) is 0.872. The van der Waals surface area contributed by atoms with Gasteiger partial charge >= 0.3 is 0 Å². The van der Waals surface area contributed by atoms with Crippen molar-refractivity contribution in [3.63, 3.8) is 0 Å². The van der Waals surface area contributed by atoms with Gasteiger partial charge in [-0.1, -0.05) is 30.7 Å². The van der Waals surface area contributed by atoms with Gasteiger partial charge < -0.3 is 5.11 Å². The molecule has 1 N–H and O–H groups in total. The highest BCUT2D eigenvalue weighted by Gasteiger charge is 2.18. The van der Waals surface area contributed by atoms with E-state index in [2.05, 4.69) is 34.9 Å². The molecule has 1 heterocycles. The summed E-state index contributed by atoms with van der Waals surface area (Å²) in [5, 5.41) is 15.6. The van der Waals surface area contributed by atoms with Crippen molar-refractivity contribution in [1.82, 2.24) is 9.78 Å². The topological polar surface area (TPSA) is 38.0 Å². The van der Waals surface area contributed by atoms with Crippen molar-refractivity contribution in [1.29, 1.82) is 0 Å². The van der Waals surface area contributed by atoms with Gasteiger partial charge in [-0.15, -0.1) is 0 Å². The number of nitrogens with zero attached hydrogens (tertiary/aromatic N) is 2. The second-order valence-electron chi connectivity index (χ2n) is 4.65. The maximum atomic E-state index is 10.4. The fourth-order valence-electron chi connectivity index (χ4n) is 2.20. The summed E-state index contributed by atoms with van der Waals surface area (Å²) in [6, 6.07) is 7.30. The van der Waals surface area contributed by atoms with Crippen LogP contribution in [-0.4, -0.2) is 14.9 Å². The summed E-state index contributed by atoms with van der Waals surface area (Å²) in [6.07, 6.45) is 0.844. The van der Waals surface area contributed by atoms with E-state index in [1.165, 1.54) is 0 Å². The van der Waals surface area contributed by atoms with Gasteiger partial charge in [0, 0.05) is 18.0 Å². The van der Waals surface area contributed by atoms with Gasteiger partial charge in [0.05, 0.1) is 22.0 Å². The summed E-state index contributed by atoms with van der Waals surface area (Å²) in [5.74, 6) is 0. The number of benzene rings is 1. The highest BCUT2D eigenvalue weighted by atomic mass is 79.9. The van der Waals surface area contributed by atoms with Gasteiger partial charge in [0.1, 0.15) is 0 Å². The minimum Gasteiger partial charge on any atom is -0.388 e. The summed E-state index contributed by atoms with van der Waals surface area (Å²) in [4.78, 5) is 0. The van der Waals surface area contributed by atoms with Crippen LogP contribution in [0.3, 0.4) is 0 Å². The summed E-state index contributed by atoms with van der Waals surface area (Å²) in [7, 11) is 0. The van der Waals surface area contributed by atoms with Crippen molar-refractivity contribution in [3.8, 4) is 0 Å². The van der Waals surface area contributed by atoms with Crippen LogP contribution >= 0.6 is 27.5 Å². The van der Waals surface area contributed by atoms with Crippen molar-refractivity contribution in [2.24, 2.45) is 0 Å². The number of aliphatic hydroxyl groups excluding tert-OH is 1. The molecule has 3 nitrogen and oxygen atoms in total. The lowest BCUT2D eigenvalue weighted by atomic mass is 10.0. The molecule has 5 heteroatoms. The van der Waals surface area contributed by atoms with Gasteiger partial charge in [-0.2, -0.15) is 5.10 Å². The molecule has 2 aromatic rings. The Kier molecular flexibility index (Phi) is 5.24. The van der Waals surface area contributed by atoms with Crippen molar-refractivity contribution >= 4 is 27.5 Å². The molecular weight excluding hydrogens is 340 g/mol. The van der Waals surface area contributed by atoms with Crippen LogP contribution in [0.4, 0.5) is 0 Å². The zero-order chi connectivity index (χ0) is 14.7. The third kappa shape index (κ3) is 3.25. The van der Waals surface area contributed by atoms with Crippen LogP contribution in [0.2, 0.25) is 5.02 Å². The Morgan fingerprint density at radius 1 is 1.30 bits per heavy atom. The van der Waals surface area contributed by atoms with Gasteiger partial charge in [0.15, 0.2) is 0 Å². The van der Waals surface area contributed by atoms with Crippen LogP contribution in [0.25, 0.3) is 0 Å². The summed E-state index contributed by atoms with van der Waals surface area (Å²) in [5.41, 5.74) is 2.93. The lowest BCUT2D eigenvalue weighted by Gasteiger charge is -2.12. The molecule has 0 aliphatic carbocycles. The average Bonchev–Trinajstić information content (AvgIpc) is 2.76. The van der Waals surface area contributed by atoms with Crippen LogP contribution in [0, 0.1) is 0 Å². The van der Waals surface area contributed by atoms with E-state index in [0.29, 0.717) is 11.4 Å². The molecule has 1 aromatic heterocycles. The van der Waals surface area contributed by atoms with Crippen molar-refractivity contribution in [2.45, 2.75) is 39.3 Å². The molecule has 108 valence electrons. The van der Waals surface area contributed by atoms with E-state index >= 15 is 0 Å². The summed E-state index contributed by atoms with van der Waals surface area (Å²) >= 11 is 9.47. The fraction of sp³-hybridized carbons (Fsp3) is 0.400. The molecule has 1 atom stereocenters. The second kappa shape index (κ2) is 6.74. The zero-order valence-electron chi connectivity index (χ0n) is 11.6. The predicted molar refractivity (Wildman–Crippen MR) is 85.1 cm³/mol. The van der Waals surface area contributed by atoms with Crippen molar-refractivity contribution < 1.29 is 5.11 Å². The monoisotopic (exact) mass is 356 g/mol. The van der Waals surface area contributed by atoms with Gasteiger partial charge in [-0.3, -0.25) is 4.68 Å². The largest absolute Gasteiger partial charge is 0.388 e. The number of hydrogen-bond acceptors (Lipinski definition) is 2. The lowest BCUT2D eigenvalue weighted by molar-refractivity contribution is 0.175. The van der Waals surface area contributed by atoms with Gasteiger partial charge in [0.2, 0.25) is 0 Å². The lowest BCUT2D eigenvalue weighted by Crippen LogP contribution is -2.09. The van der Waals surface area contributed by atoms with Gasteiger partial charge in [-0.25, -0.2) is 0 Å². The first-order valence-corrected chi connectivity index (χ1v) is 7.91. The Morgan fingerprint density at radius 2 is 1.95 bits per heavy atom. The number of aromatic nitrogens is 2. The molecule has 0 saturated carbocycles. The number of hydrogen-bond donors (Lipinski definition) is 1. The van der Waals surface area contributed by atoms with Gasteiger partial charge in [0.25, 0.3) is 0 Å². The minimum absolute atomic E-state index is 0.531. The number of halogens is 2. The van der Waals surface area contributed by atoms with Gasteiger partial charge in [-0.05, 0) is 47.0 Å². The Hall–Kier alpha value is -0.840. The first-order valence-electron chi connectivity index (χ1n) is 6.74. The third-order valence-corrected chi connectivity index (χ3v) is 4.50. The molecule has 0 spiro atoms. The molecule has 0 aliphatic heterocycles. The Morgan fingerprint density at radius 3 is 2.50 bits per heavy atom. The normalized spacial score (nSPS) is 12.7. The van der Waals surface area contributed by atoms with Crippen LogP contribution in [0.1, 0.15) is 36.9 Å². The Balaban J connectivity index is 2.25. The average molecular weight is 358 g/mol. The van der Waals surface area contributed by atoms with E-state index in [-0.39, 0.29) is 0 Å². The van der Waals surface area contributed by atoms with Crippen LogP contribution < -0.4 is 0 Å². The first-order chi connectivity index (χ1) is 9.56. The molecule has 0 radical (unpaired) electrons. The van der Waals surface area contributed by atoms with Crippen LogP contribution in [0.5, 0.6) is 0 Å². The molecular formula is C15H18BrClN2O. The molecule has 0 amide bonds. The standard InChI is InChI=1S/C15H18BrClN2O/c1-3-12-15(16)13(19(4-2)18-12)9-14(20)10-5-7-11(17)8-6-10/h5-8,14,20H,3-4,9H2,1-2H3. The van der Waals surface area contributed by atoms with E-state index in [9.17, 15) is 5.11 Å². The maximum Gasteiger partial charge on any atom is 0.0845 e. The first kappa shape index (κ1) is 15.5. The fourth-order valence-corrected chi connectivity index (χ4v) is 3.05. The Bertz CT molecular complexity index is 580. The van der Waals surface area contributed by atoms with E-state index in [4.69, 9.17) is 11.6 Å². The van der Waals surface area contributed by atoms with E-state index in [1.54, 1.807) is 12.1 Å². The predicted octanol–water partition coefficient (Wildman–Crippen LogP) is 4.16. The van der Waals surface area contributed by atoms with Crippen molar-refractivity contribution in [3.05, 3.63) is 50.7 Å². The molecule has 1 aromatic carbocycles. The van der Waals surface area contributed by atoms with E-state index < -0.39 is 6.10 Å². The minimum atomic E-state index is -0.560. The molecule has 0 bridgehead atoms. The molecule has 20 heavy (non-hydrogen) atoms. The highest BCUT2D eigenvalue weighted by molar-refractivity contribution is 9.10. The smallest absolute Gasteiger partial charge is 0.0845 e. The number of aliphatic hydroxyl groups is 1. The number of aryl methyl sites for hydroxylation is 2. The van der Waals surface area contributed by atoms with E-state index in [0.717, 1.165) is 34.4 Å². The SMILES string of the molecule is CCc1nn(CC)c(CC(O)c2ccc(Cl)cc2)c1Br. The summed E-state index contributed by atoms with van der Waals surface area (Å²) < 4.78 is 2.96. The molecule has 2 rings (SSSR count). The zero-order valence-corrected chi connectivity index (χ0v) is 13.9. The van der Waals surface area contributed by atoms with Crippen LogP contribution in [0.15, 0.2) is 28.7 Å². The summed E-state index contributed by atoms with van der Waals surface area (Å²) in [6.45, 7) is 4.92. The van der Waals surface area contributed by atoms with E-state index in [1.807, 2.05) is 16.8 Å². The molecule has 0 aliphatic rings. The maximum absolute atomic E-state index is 10.4. The molecule has 1 unspecified atom stereocenters. The molecule has 0 saturated heterocycles. The van der Waals surface area contributed by atoms with Crippen LogP contribution in [-0.2, 0) is 19.4 Å².